The molecule has 3 heterocycles. The van der Waals surface area contributed by atoms with Crippen molar-refractivity contribution in [2.24, 2.45) is 0 Å². The number of anilines is 1. The highest BCUT2D eigenvalue weighted by Crippen LogP contribution is 2.21. The summed E-state index contributed by atoms with van der Waals surface area (Å²) in [6, 6.07) is 9.76. The van der Waals surface area contributed by atoms with Gasteiger partial charge in [0.05, 0.1) is 5.75 Å². The minimum absolute atomic E-state index is 0.181. The Labute approximate surface area is 167 Å². The molecule has 4 rings (SSSR count). The fourth-order valence-electron chi connectivity index (χ4n) is 2.25. The number of aromatic amines is 1. The lowest BCUT2D eigenvalue weighted by Crippen LogP contribution is -2.12. The fourth-order valence-corrected chi connectivity index (χ4v) is 3.35. The van der Waals surface area contributed by atoms with Crippen LogP contribution in [0.5, 0.6) is 0 Å². The Morgan fingerprint density at radius 3 is 2.96 bits per heavy atom. The van der Waals surface area contributed by atoms with Gasteiger partial charge in [-0.25, -0.2) is 4.98 Å². The monoisotopic (exact) mass is 414 g/mol. The Hall–Kier alpha value is -3.12. The molecule has 0 aliphatic heterocycles. The lowest BCUT2D eigenvalue weighted by atomic mass is 10.2. The predicted molar refractivity (Wildman–Crippen MR) is 103 cm³/mol. The first-order chi connectivity index (χ1) is 13.8. The van der Waals surface area contributed by atoms with Crippen molar-refractivity contribution < 1.29 is 9.32 Å². The number of nitrogens with one attached hydrogen (secondary N) is 2. The highest BCUT2D eigenvalue weighted by atomic mass is 32.2. The number of nitrogens with zero attached hydrogens (tertiary/aromatic N) is 6. The number of thioether (sulfide) groups is 1. The first-order valence-corrected chi connectivity index (χ1v) is 10.1. The smallest absolute Gasteiger partial charge is 0.227 e. The minimum Gasteiger partial charge on any atom is -0.339 e. The molecule has 0 aliphatic carbocycles. The van der Waals surface area contributed by atoms with Crippen LogP contribution in [0.4, 0.5) is 5.13 Å². The molecule has 0 radical (unpaired) electrons. The van der Waals surface area contributed by atoms with E-state index in [1.165, 1.54) is 23.1 Å². The summed E-state index contributed by atoms with van der Waals surface area (Å²) in [7, 11) is 0. The molecule has 4 aromatic rings. The van der Waals surface area contributed by atoms with Gasteiger partial charge in [-0.3, -0.25) is 9.89 Å². The second-order valence-corrected chi connectivity index (χ2v) is 7.29. The Kier molecular flexibility index (Phi) is 5.68. The van der Waals surface area contributed by atoms with E-state index in [9.17, 15) is 4.79 Å². The number of benzene rings is 1. The molecule has 0 unspecified atom stereocenters. The number of hydrogen-bond acceptors (Lipinski definition) is 10. The summed E-state index contributed by atoms with van der Waals surface area (Å²) in [4.78, 5) is 20.6. The summed E-state index contributed by atoms with van der Waals surface area (Å²) in [5.41, 5.74) is 2.52. The fraction of sp³-hybridized carbons (Fsp3) is 0.188. The molecule has 0 fully saturated rings. The lowest BCUT2D eigenvalue weighted by molar-refractivity contribution is -0.116. The van der Waals surface area contributed by atoms with E-state index in [0.29, 0.717) is 40.0 Å². The zero-order chi connectivity index (χ0) is 19.2. The largest absolute Gasteiger partial charge is 0.339 e. The molecule has 1 aromatic carbocycles. The van der Waals surface area contributed by atoms with Crippen LogP contribution >= 0.6 is 23.1 Å². The van der Waals surface area contributed by atoms with Crippen LogP contribution in [0.1, 0.15) is 18.1 Å². The van der Waals surface area contributed by atoms with Gasteiger partial charge in [-0.1, -0.05) is 58.6 Å². The number of aromatic nitrogens is 7. The number of amides is 1. The van der Waals surface area contributed by atoms with Crippen LogP contribution in [-0.4, -0.2) is 41.4 Å². The highest BCUT2D eigenvalue weighted by Gasteiger charge is 2.12. The summed E-state index contributed by atoms with van der Waals surface area (Å²) < 4.78 is 5.18. The van der Waals surface area contributed by atoms with E-state index in [1.54, 1.807) is 5.51 Å². The van der Waals surface area contributed by atoms with Gasteiger partial charge in [-0.2, -0.15) is 4.98 Å². The van der Waals surface area contributed by atoms with E-state index >= 15 is 0 Å². The molecule has 0 atom stereocenters. The number of carbonyl (C=O) groups excluding carboxylic acids is 1. The predicted octanol–water partition coefficient (Wildman–Crippen LogP) is 2.57. The molecule has 142 valence electrons. The number of rotatable bonds is 8. The van der Waals surface area contributed by atoms with Crippen LogP contribution in [0.15, 0.2) is 45.5 Å². The second kappa shape index (κ2) is 8.71. The van der Waals surface area contributed by atoms with Gasteiger partial charge in [0.15, 0.2) is 11.6 Å². The first kappa shape index (κ1) is 18.3. The summed E-state index contributed by atoms with van der Waals surface area (Å²) in [5.74, 6) is 1.92. The van der Waals surface area contributed by atoms with Crippen LogP contribution in [0.2, 0.25) is 0 Å². The maximum absolute atomic E-state index is 11.8. The van der Waals surface area contributed by atoms with Crippen LogP contribution in [0, 0.1) is 0 Å². The van der Waals surface area contributed by atoms with Gasteiger partial charge in [0.25, 0.3) is 0 Å². The minimum atomic E-state index is -0.181. The third-order valence-electron chi connectivity index (χ3n) is 3.52. The van der Waals surface area contributed by atoms with Crippen LogP contribution in [-0.2, 0) is 17.0 Å². The molecule has 1 amide bonds. The van der Waals surface area contributed by atoms with Gasteiger partial charge in [0, 0.05) is 18.4 Å². The first-order valence-electron chi connectivity index (χ1n) is 8.24. The second-order valence-electron chi connectivity index (χ2n) is 5.52. The van der Waals surface area contributed by atoms with Crippen LogP contribution in [0.25, 0.3) is 11.4 Å². The van der Waals surface area contributed by atoms with Crippen molar-refractivity contribution in [1.29, 1.82) is 0 Å². The maximum atomic E-state index is 11.8. The normalized spacial score (nSPS) is 10.9. The van der Waals surface area contributed by atoms with E-state index in [-0.39, 0.29) is 12.3 Å². The summed E-state index contributed by atoms with van der Waals surface area (Å²) in [6.45, 7) is 0. The van der Waals surface area contributed by atoms with Crippen molar-refractivity contribution in [3.8, 4) is 11.4 Å². The topological polar surface area (TPSA) is 135 Å². The molecule has 0 aliphatic rings. The van der Waals surface area contributed by atoms with E-state index in [4.69, 9.17) is 4.52 Å². The molecule has 10 nitrogen and oxygen atoms in total. The molecule has 3 aromatic heterocycles. The van der Waals surface area contributed by atoms with Crippen LogP contribution < -0.4 is 5.32 Å². The van der Waals surface area contributed by atoms with Crippen molar-refractivity contribution in [3.63, 3.8) is 0 Å². The van der Waals surface area contributed by atoms with Crippen molar-refractivity contribution >= 4 is 34.1 Å². The van der Waals surface area contributed by atoms with Gasteiger partial charge in [-0.15, -0.1) is 15.3 Å². The van der Waals surface area contributed by atoms with Gasteiger partial charge in [0.1, 0.15) is 5.51 Å². The molecule has 28 heavy (non-hydrogen) atoms. The Morgan fingerprint density at radius 1 is 1.25 bits per heavy atom. The van der Waals surface area contributed by atoms with Crippen molar-refractivity contribution in [2.45, 2.75) is 23.8 Å². The molecule has 2 N–H and O–H groups in total. The zero-order valence-electron chi connectivity index (χ0n) is 14.4. The number of aryl methyl sites for hydroxylation is 1. The molecule has 0 bridgehead atoms. The van der Waals surface area contributed by atoms with E-state index < -0.39 is 0 Å². The zero-order valence-corrected chi connectivity index (χ0v) is 16.0. The van der Waals surface area contributed by atoms with Crippen molar-refractivity contribution in [1.82, 2.24) is 35.5 Å². The third kappa shape index (κ3) is 4.78. The maximum Gasteiger partial charge on any atom is 0.227 e. The summed E-state index contributed by atoms with van der Waals surface area (Å²) >= 11 is 2.66. The Morgan fingerprint density at radius 2 is 2.14 bits per heavy atom. The van der Waals surface area contributed by atoms with Crippen LogP contribution in [0.3, 0.4) is 0 Å². The summed E-state index contributed by atoms with van der Waals surface area (Å²) in [6.07, 6.45) is 0.566. The SMILES string of the molecule is O=C(CCc1nc(CSc2n[nH]c(-c3ccccc3)n2)no1)Nc1nncs1. The van der Waals surface area contributed by atoms with E-state index in [2.05, 4.69) is 40.8 Å². The Bertz CT molecular complexity index is 1030. The van der Waals surface area contributed by atoms with Crippen molar-refractivity contribution in [3.05, 3.63) is 47.6 Å². The Balaban J connectivity index is 1.26. The van der Waals surface area contributed by atoms with E-state index in [0.717, 1.165) is 5.56 Å². The van der Waals surface area contributed by atoms with Gasteiger partial charge < -0.3 is 9.84 Å². The average Bonchev–Trinajstić information content (AvgIpc) is 3.47. The quantitative estimate of drug-likeness (QED) is 0.417. The number of carbonyl (C=O) groups is 1. The van der Waals surface area contributed by atoms with Gasteiger partial charge in [0.2, 0.25) is 22.1 Å². The molecule has 0 saturated carbocycles. The molecule has 0 saturated heterocycles. The number of H-pyrrole nitrogens is 1. The molecule has 12 heteroatoms. The van der Waals surface area contributed by atoms with Crippen molar-refractivity contribution in [2.75, 3.05) is 5.32 Å². The highest BCUT2D eigenvalue weighted by molar-refractivity contribution is 7.98. The standard InChI is InChI=1S/C16H14N8O2S2/c25-12(19-15-22-17-9-28-15)6-7-13-18-11(24-26-13)8-27-16-20-14(21-23-16)10-4-2-1-3-5-10/h1-5,9H,6-8H2,(H,19,22,25)(H,20,21,23). The number of hydrogen-bond donors (Lipinski definition) is 2. The third-order valence-corrected chi connectivity index (χ3v) is 4.97. The molecular weight excluding hydrogens is 400 g/mol. The average molecular weight is 414 g/mol. The lowest BCUT2D eigenvalue weighted by Gasteiger charge is -1.97. The van der Waals surface area contributed by atoms with E-state index in [1.807, 2.05) is 30.3 Å². The summed E-state index contributed by atoms with van der Waals surface area (Å²) in [5, 5.41) is 22.2. The molecule has 0 spiro atoms. The van der Waals surface area contributed by atoms with Gasteiger partial charge in [-0.05, 0) is 0 Å². The molecular formula is C16H14N8O2S2. The van der Waals surface area contributed by atoms with Gasteiger partial charge >= 0.3 is 0 Å².